The number of aliphatic carboxylic acids is 1. The van der Waals surface area contributed by atoms with Gasteiger partial charge in [0.05, 0.1) is 0 Å². The fourth-order valence-corrected chi connectivity index (χ4v) is 3.85. The molecule has 126 valence electrons. The number of hydrogen-bond acceptors (Lipinski definition) is 4. The number of piperidine rings is 1. The van der Waals surface area contributed by atoms with Crippen molar-refractivity contribution in [1.82, 2.24) is 9.88 Å². The SMILES string of the molecule is Cc1csc(-c2cccc(C(=O)N3CCC(C)CC3C(=O)O)c2)n1. The van der Waals surface area contributed by atoms with Gasteiger partial charge < -0.3 is 10.0 Å². The summed E-state index contributed by atoms with van der Waals surface area (Å²) in [6.07, 6.45) is 1.34. The summed E-state index contributed by atoms with van der Waals surface area (Å²) in [6.45, 7) is 4.45. The number of nitrogens with zero attached hydrogens (tertiary/aromatic N) is 2. The van der Waals surface area contributed by atoms with E-state index in [0.29, 0.717) is 24.4 Å². The Labute approximate surface area is 145 Å². The van der Waals surface area contributed by atoms with Crippen LogP contribution in [0.15, 0.2) is 29.6 Å². The first-order chi connectivity index (χ1) is 11.5. The van der Waals surface area contributed by atoms with Crippen LogP contribution in [-0.4, -0.2) is 39.5 Å². The molecule has 1 fully saturated rings. The zero-order chi connectivity index (χ0) is 17.3. The van der Waals surface area contributed by atoms with Crippen molar-refractivity contribution in [2.24, 2.45) is 5.92 Å². The van der Waals surface area contributed by atoms with Gasteiger partial charge in [-0.25, -0.2) is 9.78 Å². The Morgan fingerprint density at radius 3 is 2.83 bits per heavy atom. The number of amides is 1. The Hall–Kier alpha value is -2.21. The van der Waals surface area contributed by atoms with Gasteiger partial charge in [0.2, 0.25) is 0 Å². The molecule has 24 heavy (non-hydrogen) atoms. The van der Waals surface area contributed by atoms with Crippen molar-refractivity contribution < 1.29 is 14.7 Å². The standard InChI is InChI=1S/C18H20N2O3S/c1-11-6-7-20(15(8-11)18(22)23)17(21)14-5-3-4-13(9-14)16-19-12(2)10-24-16/h3-5,9-11,15H,6-8H2,1-2H3,(H,22,23). The van der Waals surface area contributed by atoms with E-state index in [-0.39, 0.29) is 5.91 Å². The van der Waals surface area contributed by atoms with Crippen molar-refractivity contribution in [3.05, 3.63) is 40.9 Å². The lowest BCUT2D eigenvalue weighted by Crippen LogP contribution is -2.49. The Morgan fingerprint density at radius 2 is 2.17 bits per heavy atom. The van der Waals surface area contributed by atoms with E-state index in [1.807, 2.05) is 31.4 Å². The number of thiazole rings is 1. The van der Waals surface area contributed by atoms with Gasteiger partial charge in [-0.15, -0.1) is 11.3 Å². The lowest BCUT2D eigenvalue weighted by Gasteiger charge is -2.36. The number of hydrogen-bond donors (Lipinski definition) is 1. The van der Waals surface area contributed by atoms with Crippen molar-refractivity contribution in [1.29, 1.82) is 0 Å². The maximum absolute atomic E-state index is 12.9. The number of aromatic nitrogens is 1. The molecule has 0 radical (unpaired) electrons. The van der Waals surface area contributed by atoms with E-state index in [9.17, 15) is 14.7 Å². The van der Waals surface area contributed by atoms with Gasteiger partial charge in [-0.2, -0.15) is 0 Å². The number of carbonyl (C=O) groups is 2. The van der Waals surface area contributed by atoms with E-state index in [2.05, 4.69) is 4.98 Å². The van der Waals surface area contributed by atoms with Crippen LogP contribution in [0.5, 0.6) is 0 Å². The van der Waals surface area contributed by atoms with Gasteiger partial charge >= 0.3 is 5.97 Å². The molecule has 2 atom stereocenters. The van der Waals surface area contributed by atoms with Crippen LogP contribution < -0.4 is 0 Å². The maximum atomic E-state index is 12.9. The zero-order valence-electron chi connectivity index (χ0n) is 13.7. The third-order valence-electron chi connectivity index (χ3n) is 4.39. The largest absolute Gasteiger partial charge is 0.480 e. The Kier molecular flexibility index (Phi) is 4.66. The minimum atomic E-state index is -0.929. The molecule has 3 rings (SSSR count). The second-order valence-electron chi connectivity index (χ2n) is 6.36. The summed E-state index contributed by atoms with van der Waals surface area (Å²) >= 11 is 1.53. The molecule has 2 unspecified atom stereocenters. The third-order valence-corrected chi connectivity index (χ3v) is 5.40. The van der Waals surface area contributed by atoms with Gasteiger partial charge in [-0.3, -0.25) is 4.79 Å². The molecule has 1 amide bonds. The van der Waals surface area contributed by atoms with Gasteiger partial charge in [0, 0.05) is 28.7 Å². The van der Waals surface area contributed by atoms with Crippen molar-refractivity contribution in [3.63, 3.8) is 0 Å². The number of rotatable bonds is 3. The topological polar surface area (TPSA) is 70.5 Å². The van der Waals surface area contributed by atoms with Crippen LogP contribution in [-0.2, 0) is 4.79 Å². The average Bonchev–Trinajstić information content (AvgIpc) is 3.01. The van der Waals surface area contributed by atoms with Crippen molar-refractivity contribution >= 4 is 23.2 Å². The van der Waals surface area contributed by atoms with Crippen molar-refractivity contribution in [2.75, 3.05) is 6.54 Å². The van der Waals surface area contributed by atoms with Crippen LogP contribution in [0.25, 0.3) is 10.6 Å². The molecule has 2 heterocycles. The van der Waals surface area contributed by atoms with E-state index in [1.165, 1.54) is 16.2 Å². The van der Waals surface area contributed by atoms with E-state index in [0.717, 1.165) is 22.7 Å². The Morgan fingerprint density at radius 1 is 1.38 bits per heavy atom. The number of carbonyl (C=O) groups excluding carboxylic acids is 1. The Balaban J connectivity index is 1.88. The molecule has 1 aliphatic heterocycles. The first-order valence-corrected chi connectivity index (χ1v) is 8.90. The van der Waals surface area contributed by atoms with Gasteiger partial charge in [0.1, 0.15) is 11.0 Å². The van der Waals surface area contributed by atoms with Crippen LogP contribution in [0.3, 0.4) is 0 Å². The molecule has 5 nitrogen and oxygen atoms in total. The third kappa shape index (κ3) is 3.33. The molecule has 1 aliphatic rings. The van der Waals surface area contributed by atoms with Crippen LogP contribution in [0, 0.1) is 12.8 Å². The number of benzene rings is 1. The predicted octanol–water partition coefficient (Wildman–Crippen LogP) is 3.44. The minimum Gasteiger partial charge on any atom is -0.480 e. The first kappa shape index (κ1) is 16.6. The fourth-order valence-electron chi connectivity index (χ4n) is 3.06. The van der Waals surface area contributed by atoms with Gasteiger partial charge in [0.25, 0.3) is 5.91 Å². The number of likely N-dealkylation sites (tertiary alicyclic amines) is 1. The van der Waals surface area contributed by atoms with E-state index < -0.39 is 12.0 Å². The lowest BCUT2D eigenvalue weighted by atomic mass is 9.91. The first-order valence-electron chi connectivity index (χ1n) is 8.02. The summed E-state index contributed by atoms with van der Waals surface area (Å²) in [7, 11) is 0. The van der Waals surface area contributed by atoms with Crippen LogP contribution in [0.4, 0.5) is 0 Å². The Bertz CT molecular complexity index is 771. The highest BCUT2D eigenvalue weighted by Crippen LogP contribution is 2.27. The fraction of sp³-hybridized carbons (Fsp3) is 0.389. The number of aryl methyl sites for hydroxylation is 1. The minimum absolute atomic E-state index is 0.218. The zero-order valence-corrected chi connectivity index (χ0v) is 14.5. The molecule has 1 N–H and O–H groups in total. The van der Waals surface area contributed by atoms with Crippen molar-refractivity contribution in [3.8, 4) is 10.6 Å². The molecule has 0 bridgehead atoms. The summed E-state index contributed by atoms with van der Waals surface area (Å²) in [5, 5.41) is 12.3. The summed E-state index contributed by atoms with van der Waals surface area (Å²) in [6, 6.07) is 6.54. The van der Waals surface area contributed by atoms with Gasteiger partial charge in [-0.05, 0) is 37.8 Å². The van der Waals surface area contributed by atoms with Crippen LogP contribution >= 0.6 is 11.3 Å². The second kappa shape index (κ2) is 6.73. The molecule has 0 aliphatic carbocycles. The van der Waals surface area contributed by atoms with E-state index >= 15 is 0 Å². The molecule has 1 saturated heterocycles. The summed E-state index contributed by atoms with van der Waals surface area (Å²) in [4.78, 5) is 30.3. The molecule has 0 spiro atoms. The van der Waals surface area contributed by atoms with Gasteiger partial charge in [-0.1, -0.05) is 19.1 Å². The number of carboxylic acid groups (broad SMARTS) is 1. The van der Waals surface area contributed by atoms with Crippen LogP contribution in [0.2, 0.25) is 0 Å². The smallest absolute Gasteiger partial charge is 0.326 e. The van der Waals surface area contributed by atoms with E-state index in [4.69, 9.17) is 0 Å². The quantitative estimate of drug-likeness (QED) is 0.926. The van der Waals surface area contributed by atoms with Crippen LogP contribution in [0.1, 0.15) is 35.8 Å². The molecule has 1 aromatic heterocycles. The summed E-state index contributed by atoms with van der Waals surface area (Å²) < 4.78 is 0. The molecule has 0 saturated carbocycles. The average molecular weight is 344 g/mol. The molecule has 6 heteroatoms. The van der Waals surface area contributed by atoms with Crippen molar-refractivity contribution in [2.45, 2.75) is 32.7 Å². The molecule has 1 aromatic carbocycles. The number of carboxylic acids is 1. The predicted molar refractivity (Wildman–Crippen MR) is 93.1 cm³/mol. The second-order valence-corrected chi connectivity index (χ2v) is 7.22. The van der Waals surface area contributed by atoms with Gasteiger partial charge in [0.15, 0.2) is 0 Å². The van der Waals surface area contributed by atoms with E-state index in [1.54, 1.807) is 12.1 Å². The maximum Gasteiger partial charge on any atom is 0.326 e. The highest BCUT2D eigenvalue weighted by molar-refractivity contribution is 7.13. The summed E-state index contributed by atoms with van der Waals surface area (Å²) in [5.41, 5.74) is 2.35. The summed E-state index contributed by atoms with van der Waals surface area (Å²) in [5.74, 6) is -0.828. The molecule has 2 aromatic rings. The monoisotopic (exact) mass is 344 g/mol. The normalized spacial score (nSPS) is 20.8. The highest BCUT2D eigenvalue weighted by Gasteiger charge is 2.35. The molecular formula is C18H20N2O3S. The molecular weight excluding hydrogens is 324 g/mol. The highest BCUT2D eigenvalue weighted by atomic mass is 32.1. The lowest BCUT2D eigenvalue weighted by molar-refractivity contribution is -0.144.